The third-order valence-electron chi connectivity index (χ3n) is 2.50. The van der Waals surface area contributed by atoms with Gasteiger partial charge in [0.05, 0.1) is 11.1 Å². The molecule has 0 saturated carbocycles. The second kappa shape index (κ2) is 6.64. The smallest absolute Gasteiger partial charge is 0.138 e. The van der Waals surface area contributed by atoms with Crippen molar-refractivity contribution in [3.63, 3.8) is 0 Å². The predicted octanol–water partition coefficient (Wildman–Crippen LogP) is 4.27. The van der Waals surface area contributed by atoms with Crippen molar-refractivity contribution in [1.29, 1.82) is 0 Å². The van der Waals surface area contributed by atoms with E-state index in [4.69, 9.17) is 22.1 Å². The summed E-state index contributed by atoms with van der Waals surface area (Å²) in [6.07, 6.45) is 4.95. The second-order valence-electron chi connectivity index (χ2n) is 4.11. The molecule has 0 heterocycles. The van der Waals surface area contributed by atoms with Crippen LogP contribution >= 0.6 is 11.6 Å². The molecule has 2 nitrogen and oxygen atoms in total. The molecule has 1 rings (SSSR count). The molecule has 2 N–H and O–H groups in total. The highest BCUT2D eigenvalue weighted by Crippen LogP contribution is 2.27. The Morgan fingerprint density at radius 1 is 1.38 bits per heavy atom. The molecule has 0 spiro atoms. The lowest BCUT2D eigenvalue weighted by Crippen LogP contribution is -2.11. The van der Waals surface area contributed by atoms with Crippen LogP contribution in [0.4, 0.5) is 5.69 Å². The van der Waals surface area contributed by atoms with Gasteiger partial charge in [-0.25, -0.2) is 0 Å². The van der Waals surface area contributed by atoms with Crippen LogP contribution in [0.2, 0.25) is 5.02 Å². The van der Waals surface area contributed by atoms with E-state index in [-0.39, 0.29) is 6.10 Å². The standard InChI is InChI=1S/C13H20ClNO/c1-3-4-5-6-10(2)16-13-8-7-11(15)9-12(13)14/h7-10H,3-6,15H2,1-2H3. The summed E-state index contributed by atoms with van der Waals surface area (Å²) in [4.78, 5) is 0. The minimum absolute atomic E-state index is 0.202. The molecule has 0 bridgehead atoms. The lowest BCUT2D eigenvalue weighted by Gasteiger charge is -2.15. The summed E-state index contributed by atoms with van der Waals surface area (Å²) in [6, 6.07) is 5.35. The minimum atomic E-state index is 0.202. The summed E-state index contributed by atoms with van der Waals surface area (Å²) in [5, 5.41) is 0.586. The van der Waals surface area contributed by atoms with Gasteiger partial charge in [-0.3, -0.25) is 0 Å². The summed E-state index contributed by atoms with van der Waals surface area (Å²) in [5.41, 5.74) is 6.28. The maximum Gasteiger partial charge on any atom is 0.138 e. The van der Waals surface area contributed by atoms with E-state index in [0.717, 1.165) is 12.2 Å². The van der Waals surface area contributed by atoms with Crippen molar-refractivity contribution in [3.8, 4) is 5.75 Å². The van der Waals surface area contributed by atoms with Gasteiger partial charge in [0.2, 0.25) is 0 Å². The molecular weight excluding hydrogens is 222 g/mol. The predicted molar refractivity (Wildman–Crippen MR) is 70.1 cm³/mol. The largest absolute Gasteiger partial charge is 0.489 e. The van der Waals surface area contributed by atoms with Gasteiger partial charge < -0.3 is 10.5 Å². The molecule has 0 saturated heterocycles. The van der Waals surface area contributed by atoms with E-state index in [2.05, 4.69) is 13.8 Å². The normalized spacial score (nSPS) is 12.4. The van der Waals surface area contributed by atoms with E-state index in [1.165, 1.54) is 19.3 Å². The van der Waals surface area contributed by atoms with E-state index in [1.54, 1.807) is 12.1 Å². The first-order valence-corrected chi connectivity index (χ1v) is 6.23. The van der Waals surface area contributed by atoms with Crippen molar-refractivity contribution in [1.82, 2.24) is 0 Å². The highest BCUT2D eigenvalue weighted by molar-refractivity contribution is 6.32. The van der Waals surface area contributed by atoms with Crippen LogP contribution < -0.4 is 10.5 Å². The van der Waals surface area contributed by atoms with Gasteiger partial charge in [0.25, 0.3) is 0 Å². The molecule has 0 amide bonds. The average molecular weight is 242 g/mol. The number of anilines is 1. The maximum absolute atomic E-state index is 6.03. The highest BCUT2D eigenvalue weighted by atomic mass is 35.5. The van der Waals surface area contributed by atoms with E-state index in [9.17, 15) is 0 Å². The lowest BCUT2D eigenvalue weighted by molar-refractivity contribution is 0.207. The Bertz CT molecular complexity index is 328. The molecule has 1 aromatic rings. The molecule has 0 fully saturated rings. The number of ether oxygens (including phenoxy) is 1. The summed E-state index contributed by atoms with van der Waals surface area (Å²) >= 11 is 6.03. The van der Waals surface area contributed by atoms with Crippen molar-refractivity contribution in [3.05, 3.63) is 23.2 Å². The van der Waals surface area contributed by atoms with Crippen molar-refractivity contribution in [2.24, 2.45) is 0 Å². The molecular formula is C13H20ClNO. The van der Waals surface area contributed by atoms with Gasteiger partial charge in [-0.2, -0.15) is 0 Å². The number of halogens is 1. The molecule has 0 aliphatic carbocycles. The quantitative estimate of drug-likeness (QED) is 0.596. The number of hydrogen-bond donors (Lipinski definition) is 1. The summed E-state index contributed by atoms with van der Waals surface area (Å²) in [5.74, 6) is 0.722. The van der Waals surface area contributed by atoms with Gasteiger partial charge in [-0.1, -0.05) is 31.4 Å². The minimum Gasteiger partial charge on any atom is -0.489 e. The zero-order valence-corrected chi connectivity index (χ0v) is 10.8. The van der Waals surface area contributed by atoms with E-state index < -0.39 is 0 Å². The second-order valence-corrected chi connectivity index (χ2v) is 4.52. The van der Waals surface area contributed by atoms with Crippen molar-refractivity contribution in [2.45, 2.75) is 45.6 Å². The van der Waals surface area contributed by atoms with Crippen LogP contribution in [0.1, 0.15) is 39.5 Å². The fourth-order valence-corrected chi connectivity index (χ4v) is 1.80. The van der Waals surface area contributed by atoms with Gasteiger partial charge in [0.1, 0.15) is 5.75 Å². The monoisotopic (exact) mass is 241 g/mol. The Kier molecular flexibility index (Phi) is 5.47. The molecule has 0 aromatic heterocycles. The van der Waals surface area contributed by atoms with Crippen LogP contribution in [0.25, 0.3) is 0 Å². The molecule has 1 atom stereocenters. The zero-order valence-electron chi connectivity index (χ0n) is 10.0. The Balaban J connectivity index is 2.46. The Labute approximate surface area is 103 Å². The van der Waals surface area contributed by atoms with Crippen LogP contribution in [-0.4, -0.2) is 6.10 Å². The van der Waals surface area contributed by atoms with Crippen LogP contribution in [0.15, 0.2) is 18.2 Å². The van der Waals surface area contributed by atoms with Crippen LogP contribution in [0.3, 0.4) is 0 Å². The fourth-order valence-electron chi connectivity index (χ4n) is 1.57. The van der Waals surface area contributed by atoms with Crippen molar-refractivity contribution < 1.29 is 4.74 Å². The molecule has 0 aliphatic rings. The van der Waals surface area contributed by atoms with Gasteiger partial charge in [0, 0.05) is 5.69 Å². The highest BCUT2D eigenvalue weighted by Gasteiger charge is 2.07. The maximum atomic E-state index is 6.03. The zero-order chi connectivity index (χ0) is 12.0. The summed E-state index contributed by atoms with van der Waals surface area (Å²) < 4.78 is 5.76. The summed E-state index contributed by atoms with van der Waals surface area (Å²) in [6.45, 7) is 4.27. The molecule has 3 heteroatoms. The Morgan fingerprint density at radius 3 is 2.75 bits per heavy atom. The van der Waals surface area contributed by atoms with E-state index in [1.807, 2.05) is 6.07 Å². The summed E-state index contributed by atoms with van der Waals surface area (Å²) in [7, 11) is 0. The third kappa shape index (κ3) is 4.31. The average Bonchev–Trinajstić information content (AvgIpc) is 2.23. The topological polar surface area (TPSA) is 35.2 Å². The molecule has 0 radical (unpaired) electrons. The number of benzene rings is 1. The number of unbranched alkanes of at least 4 members (excludes halogenated alkanes) is 2. The van der Waals surface area contributed by atoms with Gasteiger partial charge in [-0.05, 0) is 38.0 Å². The first kappa shape index (κ1) is 13.2. The first-order chi connectivity index (χ1) is 7.63. The van der Waals surface area contributed by atoms with Crippen LogP contribution in [-0.2, 0) is 0 Å². The number of rotatable bonds is 6. The van der Waals surface area contributed by atoms with Crippen LogP contribution in [0, 0.1) is 0 Å². The Hall–Kier alpha value is -0.890. The number of hydrogen-bond acceptors (Lipinski definition) is 2. The van der Waals surface area contributed by atoms with Gasteiger partial charge >= 0.3 is 0 Å². The molecule has 16 heavy (non-hydrogen) atoms. The third-order valence-corrected chi connectivity index (χ3v) is 2.79. The number of nitrogen functional groups attached to an aromatic ring is 1. The van der Waals surface area contributed by atoms with Gasteiger partial charge in [-0.15, -0.1) is 0 Å². The first-order valence-electron chi connectivity index (χ1n) is 5.85. The molecule has 1 unspecified atom stereocenters. The van der Waals surface area contributed by atoms with E-state index >= 15 is 0 Å². The molecule has 1 aromatic carbocycles. The molecule has 0 aliphatic heterocycles. The fraction of sp³-hybridized carbons (Fsp3) is 0.538. The van der Waals surface area contributed by atoms with Crippen molar-refractivity contribution >= 4 is 17.3 Å². The lowest BCUT2D eigenvalue weighted by atomic mass is 10.1. The SMILES string of the molecule is CCCCCC(C)Oc1ccc(N)cc1Cl. The number of nitrogens with two attached hydrogens (primary N) is 1. The van der Waals surface area contributed by atoms with Crippen molar-refractivity contribution in [2.75, 3.05) is 5.73 Å². The van der Waals surface area contributed by atoms with Crippen LogP contribution in [0.5, 0.6) is 5.75 Å². The van der Waals surface area contributed by atoms with E-state index in [0.29, 0.717) is 10.7 Å². The molecule has 90 valence electrons. The Morgan fingerprint density at radius 2 is 2.12 bits per heavy atom. The van der Waals surface area contributed by atoms with Gasteiger partial charge in [0.15, 0.2) is 0 Å².